The number of benzene rings is 2. The highest BCUT2D eigenvalue weighted by atomic mass is 35.5. The number of nitrogens with two attached hydrogens (primary N) is 1. The fourth-order valence-corrected chi connectivity index (χ4v) is 1.89. The van der Waals surface area contributed by atoms with Gasteiger partial charge in [0.15, 0.2) is 0 Å². The topological polar surface area (TPSA) is 87.7 Å². The van der Waals surface area contributed by atoms with Crippen molar-refractivity contribution in [3.8, 4) is 5.75 Å². The lowest BCUT2D eigenvalue weighted by molar-refractivity contribution is 0.0952. The first-order chi connectivity index (χ1) is 9.97. The van der Waals surface area contributed by atoms with Crippen molar-refractivity contribution in [3.05, 3.63) is 58.6 Å². The van der Waals surface area contributed by atoms with Crippen molar-refractivity contribution in [2.75, 3.05) is 5.73 Å². The molecular formula is C15H14ClN3O2. The van der Waals surface area contributed by atoms with Crippen LogP contribution in [0.3, 0.4) is 0 Å². The molecule has 0 spiro atoms. The van der Waals surface area contributed by atoms with Gasteiger partial charge in [-0.25, -0.2) is 5.43 Å². The Balaban J connectivity index is 2.16. The number of nitrogen functional groups attached to an aromatic ring is 1. The minimum Gasteiger partial charge on any atom is -0.507 e. The summed E-state index contributed by atoms with van der Waals surface area (Å²) in [6, 6.07) is 11.4. The van der Waals surface area contributed by atoms with Gasteiger partial charge in [-0.2, -0.15) is 5.10 Å². The molecule has 0 aliphatic carbocycles. The fourth-order valence-electron chi connectivity index (χ4n) is 1.71. The van der Waals surface area contributed by atoms with Gasteiger partial charge in [0.2, 0.25) is 0 Å². The molecule has 0 unspecified atom stereocenters. The first-order valence-corrected chi connectivity index (χ1v) is 6.54. The van der Waals surface area contributed by atoms with Crippen LogP contribution in [0.5, 0.6) is 5.75 Å². The Morgan fingerprint density at radius 3 is 2.76 bits per heavy atom. The molecular weight excluding hydrogens is 290 g/mol. The molecule has 0 fully saturated rings. The summed E-state index contributed by atoms with van der Waals surface area (Å²) in [7, 11) is 0. The second-order valence-electron chi connectivity index (χ2n) is 4.43. The van der Waals surface area contributed by atoms with E-state index in [1.165, 1.54) is 18.2 Å². The number of nitrogens with one attached hydrogen (secondary N) is 1. The predicted molar refractivity (Wildman–Crippen MR) is 83.6 cm³/mol. The van der Waals surface area contributed by atoms with Crippen LogP contribution in [0.15, 0.2) is 47.6 Å². The van der Waals surface area contributed by atoms with Gasteiger partial charge in [0, 0.05) is 10.7 Å². The van der Waals surface area contributed by atoms with Gasteiger partial charge < -0.3 is 10.8 Å². The van der Waals surface area contributed by atoms with E-state index in [0.717, 1.165) is 5.56 Å². The largest absolute Gasteiger partial charge is 0.507 e. The van der Waals surface area contributed by atoms with Crippen LogP contribution in [0.1, 0.15) is 22.8 Å². The van der Waals surface area contributed by atoms with Crippen LogP contribution >= 0.6 is 11.6 Å². The molecule has 0 atom stereocenters. The zero-order valence-electron chi connectivity index (χ0n) is 11.3. The Kier molecular flexibility index (Phi) is 4.45. The summed E-state index contributed by atoms with van der Waals surface area (Å²) in [5.74, 6) is -0.702. The van der Waals surface area contributed by atoms with Crippen molar-refractivity contribution in [2.45, 2.75) is 6.92 Å². The Bertz CT molecular complexity index is 714. The molecule has 0 aliphatic heterocycles. The summed E-state index contributed by atoms with van der Waals surface area (Å²) >= 11 is 5.80. The molecule has 2 aromatic carbocycles. The van der Waals surface area contributed by atoms with Crippen LogP contribution in [0, 0.1) is 0 Å². The van der Waals surface area contributed by atoms with Crippen LogP contribution in [-0.2, 0) is 0 Å². The highest BCUT2D eigenvalue weighted by molar-refractivity contribution is 6.31. The number of carbonyl (C=O) groups excluding carboxylic acids is 1. The summed E-state index contributed by atoms with van der Waals surface area (Å²) < 4.78 is 0. The monoisotopic (exact) mass is 303 g/mol. The van der Waals surface area contributed by atoms with E-state index in [9.17, 15) is 9.90 Å². The molecule has 0 aromatic heterocycles. The maximum absolute atomic E-state index is 12.0. The minimum absolute atomic E-state index is 0.0617. The smallest absolute Gasteiger partial charge is 0.275 e. The number of hydrogen-bond acceptors (Lipinski definition) is 4. The predicted octanol–water partition coefficient (Wildman–Crippen LogP) is 2.78. The SMILES string of the molecule is CC(=NNC(=O)c1cc(Cl)ccc1O)c1cccc(N)c1. The number of amides is 1. The van der Waals surface area contributed by atoms with Crippen LogP contribution < -0.4 is 11.2 Å². The van der Waals surface area contributed by atoms with Crippen molar-refractivity contribution in [1.82, 2.24) is 5.43 Å². The second-order valence-corrected chi connectivity index (χ2v) is 4.86. The van der Waals surface area contributed by atoms with Crippen molar-refractivity contribution < 1.29 is 9.90 Å². The molecule has 2 aromatic rings. The van der Waals surface area contributed by atoms with Gasteiger partial charge in [0.1, 0.15) is 5.75 Å². The molecule has 5 nitrogen and oxygen atoms in total. The van der Waals surface area contributed by atoms with E-state index >= 15 is 0 Å². The Morgan fingerprint density at radius 2 is 2.05 bits per heavy atom. The maximum Gasteiger partial charge on any atom is 0.275 e. The summed E-state index contributed by atoms with van der Waals surface area (Å²) in [4.78, 5) is 12.0. The second kappa shape index (κ2) is 6.28. The number of rotatable bonds is 3. The number of halogens is 1. The maximum atomic E-state index is 12.0. The standard InChI is InChI=1S/C15H14ClN3O2/c1-9(10-3-2-4-12(17)7-10)18-19-15(21)13-8-11(16)5-6-14(13)20/h2-8,20H,17H2,1H3,(H,19,21). The van der Waals surface area contributed by atoms with Crippen LogP contribution in [0.2, 0.25) is 5.02 Å². The molecule has 0 radical (unpaired) electrons. The molecule has 0 bridgehead atoms. The summed E-state index contributed by atoms with van der Waals surface area (Å²) in [6.45, 7) is 1.74. The molecule has 6 heteroatoms. The lowest BCUT2D eigenvalue weighted by Crippen LogP contribution is -2.19. The zero-order valence-corrected chi connectivity index (χ0v) is 12.1. The third-order valence-corrected chi connectivity index (χ3v) is 3.07. The molecule has 1 amide bonds. The van der Waals surface area contributed by atoms with Gasteiger partial charge in [0.25, 0.3) is 5.91 Å². The van der Waals surface area contributed by atoms with Gasteiger partial charge in [-0.15, -0.1) is 0 Å². The highest BCUT2D eigenvalue weighted by Crippen LogP contribution is 2.21. The Morgan fingerprint density at radius 1 is 1.29 bits per heavy atom. The number of phenolic OH excluding ortho intramolecular Hbond substituents is 1. The summed E-state index contributed by atoms with van der Waals surface area (Å²) in [6.07, 6.45) is 0. The van der Waals surface area contributed by atoms with Crippen molar-refractivity contribution >= 4 is 28.9 Å². The zero-order chi connectivity index (χ0) is 15.4. The normalized spacial score (nSPS) is 11.2. The van der Waals surface area contributed by atoms with E-state index in [0.29, 0.717) is 16.4 Å². The van der Waals surface area contributed by atoms with Crippen LogP contribution in [0.25, 0.3) is 0 Å². The number of anilines is 1. The molecule has 2 rings (SSSR count). The number of carbonyl (C=O) groups is 1. The number of hydrazone groups is 1. The van der Waals surface area contributed by atoms with Gasteiger partial charge in [-0.3, -0.25) is 4.79 Å². The quantitative estimate of drug-likeness (QED) is 0.463. The minimum atomic E-state index is -0.543. The lowest BCUT2D eigenvalue weighted by atomic mass is 10.1. The van der Waals surface area contributed by atoms with Gasteiger partial charge >= 0.3 is 0 Å². The molecule has 108 valence electrons. The number of hydrogen-bond donors (Lipinski definition) is 3. The van der Waals surface area contributed by atoms with Crippen molar-refractivity contribution in [2.24, 2.45) is 5.10 Å². The number of aromatic hydroxyl groups is 1. The first kappa shape index (κ1) is 14.9. The van der Waals surface area contributed by atoms with E-state index in [1.807, 2.05) is 6.07 Å². The van der Waals surface area contributed by atoms with Crippen LogP contribution in [0.4, 0.5) is 5.69 Å². The molecule has 0 saturated carbocycles. The highest BCUT2D eigenvalue weighted by Gasteiger charge is 2.11. The molecule has 0 saturated heterocycles. The molecule has 0 heterocycles. The molecule has 21 heavy (non-hydrogen) atoms. The number of nitrogens with zero attached hydrogens (tertiary/aromatic N) is 1. The molecule has 4 N–H and O–H groups in total. The number of phenols is 1. The Labute approximate surface area is 127 Å². The molecule has 0 aliphatic rings. The summed E-state index contributed by atoms with van der Waals surface area (Å²) in [5.41, 5.74) is 10.1. The van der Waals surface area contributed by atoms with Gasteiger partial charge in [0.05, 0.1) is 11.3 Å². The van der Waals surface area contributed by atoms with E-state index in [2.05, 4.69) is 10.5 Å². The lowest BCUT2D eigenvalue weighted by Gasteiger charge is -2.05. The van der Waals surface area contributed by atoms with Gasteiger partial charge in [-0.1, -0.05) is 23.7 Å². The third kappa shape index (κ3) is 3.73. The van der Waals surface area contributed by atoms with E-state index in [-0.39, 0.29) is 11.3 Å². The first-order valence-electron chi connectivity index (χ1n) is 6.16. The third-order valence-electron chi connectivity index (χ3n) is 2.83. The summed E-state index contributed by atoms with van der Waals surface area (Å²) in [5, 5.41) is 14.0. The average Bonchev–Trinajstić information content (AvgIpc) is 2.47. The van der Waals surface area contributed by atoms with E-state index < -0.39 is 5.91 Å². The van der Waals surface area contributed by atoms with Gasteiger partial charge in [-0.05, 0) is 42.8 Å². The van der Waals surface area contributed by atoms with E-state index in [1.54, 1.807) is 25.1 Å². The van der Waals surface area contributed by atoms with Crippen LogP contribution in [-0.4, -0.2) is 16.7 Å². The fraction of sp³-hybridized carbons (Fsp3) is 0.0667. The van der Waals surface area contributed by atoms with Crippen molar-refractivity contribution in [3.63, 3.8) is 0 Å². The Hall–Kier alpha value is -2.53. The van der Waals surface area contributed by atoms with E-state index in [4.69, 9.17) is 17.3 Å². The van der Waals surface area contributed by atoms with Crippen molar-refractivity contribution in [1.29, 1.82) is 0 Å². The average molecular weight is 304 g/mol.